The smallest absolute Gasteiger partial charge is 0.214 e. The summed E-state index contributed by atoms with van der Waals surface area (Å²) in [5.74, 6) is -10.0. The largest absolute Gasteiger partial charge is 0.315 e. The van der Waals surface area contributed by atoms with Crippen LogP contribution in [0.1, 0.15) is 24.8 Å². The van der Waals surface area contributed by atoms with Crippen LogP contribution < -0.4 is 0 Å². The zero-order valence-electron chi connectivity index (χ0n) is 11.4. The van der Waals surface area contributed by atoms with E-state index in [1.165, 1.54) is 4.90 Å². The van der Waals surface area contributed by atoms with Crippen molar-refractivity contribution >= 4 is 12.5 Å². The van der Waals surface area contributed by atoms with Crippen LogP contribution in [0.15, 0.2) is 17.8 Å². The Labute approximate surface area is 123 Å². The second-order valence-corrected chi connectivity index (χ2v) is 4.74. The number of carbonyl (C=O) groups is 1. The van der Waals surface area contributed by atoms with Crippen molar-refractivity contribution in [1.82, 2.24) is 4.90 Å². The van der Waals surface area contributed by atoms with E-state index in [9.17, 15) is 26.7 Å². The minimum atomic E-state index is -2.20. The molecule has 22 heavy (non-hydrogen) atoms. The third-order valence-electron chi connectivity index (χ3n) is 3.33. The number of hydrogen-bond acceptors (Lipinski definition) is 1. The van der Waals surface area contributed by atoms with Crippen LogP contribution in [-0.2, 0) is 4.79 Å². The molecule has 0 aliphatic carbocycles. The van der Waals surface area contributed by atoms with Crippen molar-refractivity contribution in [3.05, 3.63) is 52.5 Å². The van der Waals surface area contributed by atoms with E-state index >= 15 is 0 Å². The Hall–Kier alpha value is -2.18. The van der Waals surface area contributed by atoms with Crippen LogP contribution >= 0.6 is 0 Å². The average Bonchev–Trinajstić information content (AvgIpc) is 2.76. The summed E-state index contributed by atoms with van der Waals surface area (Å²) in [5, 5.41) is 0. The fourth-order valence-corrected chi connectivity index (χ4v) is 2.14. The molecule has 0 saturated carbocycles. The summed E-state index contributed by atoms with van der Waals surface area (Å²) in [5.41, 5.74) is -0.677. The molecule has 1 aliphatic heterocycles. The summed E-state index contributed by atoms with van der Waals surface area (Å²) in [6.45, 7) is 0.427. The molecule has 1 amide bonds. The monoisotopic (exact) mass is 317 g/mol. The van der Waals surface area contributed by atoms with E-state index in [0.717, 1.165) is 25.0 Å². The zero-order valence-corrected chi connectivity index (χ0v) is 11.4. The third kappa shape index (κ3) is 3.03. The molecule has 0 N–H and O–H groups in total. The molecule has 118 valence electrons. The highest BCUT2D eigenvalue weighted by molar-refractivity contribution is 5.59. The van der Waals surface area contributed by atoms with E-state index in [1.807, 2.05) is 0 Å². The van der Waals surface area contributed by atoms with Crippen molar-refractivity contribution in [2.24, 2.45) is 0 Å². The second-order valence-electron chi connectivity index (χ2n) is 4.74. The maximum atomic E-state index is 13.5. The van der Waals surface area contributed by atoms with Gasteiger partial charge in [0.2, 0.25) is 12.2 Å². The van der Waals surface area contributed by atoms with Gasteiger partial charge in [-0.25, -0.2) is 22.0 Å². The molecule has 1 heterocycles. The Morgan fingerprint density at radius 2 is 1.45 bits per heavy atom. The van der Waals surface area contributed by atoms with Crippen LogP contribution in [0.5, 0.6) is 0 Å². The lowest BCUT2D eigenvalue weighted by Gasteiger charge is -2.16. The molecule has 1 aromatic rings. The van der Waals surface area contributed by atoms with E-state index in [0.29, 0.717) is 25.1 Å². The first kappa shape index (κ1) is 16.2. The summed E-state index contributed by atoms with van der Waals surface area (Å²) >= 11 is 0. The lowest BCUT2D eigenvalue weighted by molar-refractivity contribution is -0.116. The highest BCUT2D eigenvalue weighted by Crippen LogP contribution is 2.25. The first-order valence-corrected chi connectivity index (χ1v) is 6.59. The van der Waals surface area contributed by atoms with Crippen LogP contribution in [0.2, 0.25) is 0 Å². The van der Waals surface area contributed by atoms with Gasteiger partial charge in [-0.05, 0) is 31.4 Å². The van der Waals surface area contributed by atoms with Gasteiger partial charge in [-0.15, -0.1) is 0 Å². The third-order valence-corrected chi connectivity index (χ3v) is 3.33. The normalized spacial score (nSPS) is 15.9. The minimum absolute atomic E-state index is 0.358. The quantitative estimate of drug-likeness (QED) is 0.358. The van der Waals surface area contributed by atoms with Gasteiger partial charge in [-0.1, -0.05) is 6.08 Å². The van der Waals surface area contributed by atoms with E-state index in [1.54, 1.807) is 6.08 Å². The predicted octanol–water partition coefficient (Wildman–Crippen LogP) is 3.92. The number of benzene rings is 1. The Bertz CT molecular complexity index is 625. The first-order chi connectivity index (χ1) is 10.5. The average molecular weight is 317 g/mol. The number of allylic oxidation sites excluding steroid dienone is 2. The van der Waals surface area contributed by atoms with Crippen molar-refractivity contribution in [3.8, 4) is 0 Å². The van der Waals surface area contributed by atoms with Crippen molar-refractivity contribution in [3.63, 3.8) is 0 Å². The minimum Gasteiger partial charge on any atom is -0.315 e. The van der Waals surface area contributed by atoms with Gasteiger partial charge in [0.05, 0.1) is 5.56 Å². The zero-order chi connectivity index (χ0) is 16.3. The molecular weight excluding hydrogens is 305 g/mol. The molecule has 0 spiro atoms. The van der Waals surface area contributed by atoms with Crippen molar-refractivity contribution in [2.75, 3.05) is 6.54 Å². The highest BCUT2D eigenvalue weighted by atomic mass is 19.2. The molecule has 0 radical (unpaired) electrons. The van der Waals surface area contributed by atoms with Gasteiger partial charge in [0.15, 0.2) is 23.3 Å². The molecule has 2 nitrogen and oxygen atoms in total. The van der Waals surface area contributed by atoms with Crippen LogP contribution in [0.4, 0.5) is 22.0 Å². The molecule has 7 heteroatoms. The van der Waals surface area contributed by atoms with Gasteiger partial charge in [0.1, 0.15) is 0 Å². The summed E-state index contributed by atoms with van der Waals surface area (Å²) in [6.07, 6.45) is 6.42. The predicted molar refractivity (Wildman–Crippen MR) is 70.0 cm³/mol. The lowest BCUT2D eigenvalue weighted by atomic mass is 10.1. The van der Waals surface area contributed by atoms with Crippen LogP contribution in [0.3, 0.4) is 0 Å². The van der Waals surface area contributed by atoms with Crippen molar-refractivity contribution < 1.29 is 26.7 Å². The van der Waals surface area contributed by atoms with Gasteiger partial charge in [0, 0.05) is 12.2 Å². The Morgan fingerprint density at radius 3 is 2.05 bits per heavy atom. The standard InChI is InChI=1S/C15H12F5NO/c16-11-10(12(17)14(19)15(20)13(11)18)6-5-9-4-2-1-3-7-21(9)8-22/h4-6,8H,1-3,7H2/b6-5+. The molecular formula is C15H12F5NO. The van der Waals surface area contributed by atoms with Crippen molar-refractivity contribution in [1.29, 1.82) is 0 Å². The molecule has 0 unspecified atom stereocenters. The summed E-state index contributed by atoms with van der Waals surface area (Å²) in [7, 11) is 0. The molecule has 0 fully saturated rings. The number of halogens is 5. The van der Waals surface area contributed by atoms with Crippen LogP contribution in [0, 0.1) is 29.1 Å². The van der Waals surface area contributed by atoms with E-state index in [4.69, 9.17) is 0 Å². The molecule has 0 bridgehead atoms. The number of carbonyl (C=O) groups excluding carboxylic acids is 1. The fourth-order valence-electron chi connectivity index (χ4n) is 2.14. The van der Waals surface area contributed by atoms with Gasteiger partial charge in [-0.3, -0.25) is 4.79 Å². The second kappa shape index (κ2) is 6.72. The number of amides is 1. The molecule has 0 saturated heterocycles. The maximum Gasteiger partial charge on any atom is 0.214 e. The van der Waals surface area contributed by atoms with E-state index in [-0.39, 0.29) is 0 Å². The summed E-state index contributed by atoms with van der Waals surface area (Å²) in [4.78, 5) is 12.3. The Morgan fingerprint density at radius 1 is 0.864 bits per heavy atom. The summed E-state index contributed by atoms with van der Waals surface area (Å²) < 4.78 is 66.2. The van der Waals surface area contributed by atoms with Gasteiger partial charge < -0.3 is 4.90 Å². The topological polar surface area (TPSA) is 20.3 Å². The van der Waals surface area contributed by atoms with Crippen molar-refractivity contribution in [2.45, 2.75) is 19.3 Å². The maximum absolute atomic E-state index is 13.5. The number of hydrogen-bond donors (Lipinski definition) is 0. The van der Waals surface area contributed by atoms with E-state index in [2.05, 4.69) is 0 Å². The lowest BCUT2D eigenvalue weighted by Crippen LogP contribution is -2.20. The SMILES string of the molecule is O=CN1CCCCC=C1/C=C/c1c(F)c(F)c(F)c(F)c1F. The summed E-state index contributed by atoms with van der Waals surface area (Å²) in [6, 6.07) is 0. The molecule has 1 aromatic carbocycles. The molecule has 1 aliphatic rings. The number of rotatable bonds is 3. The first-order valence-electron chi connectivity index (χ1n) is 6.59. The van der Waals surface area contributed by atoms with Gasteiger partial charge in [-0.2, -0.15) is 0 Å². The molecule has 0 aromatic heterocycles. The Balaban J connectivity index is 2.41. The highest BCUT2D eigenvalue weighted by Gasteiger charge is 2.24. The Kier molecular flexibility index (Phi) is 4.95. The van der Waals surface area contributed by atoms with Crippen LogP contribution in [-0.4, -0.2) is 17.9 Å². The van der Waals surface area contributed by atoms with E-state index < -0.39 is 34.6 Å². The molecule has 2 rings (SSSR count). The fraction of sp³-hybridized carbons (Fsp3) is 0.267. The number of nitrogens with zero attached hydrogens (tertiary/aromatic N) is 1. The molecule has 0 atom stereocenters. The van der Waals surface area contributed by atoms with Gasteiger partial charge in [0.25, 0.3) is 0 Å². The van der Waals surface area contributed by atoms with Crippen LogP contribution in [0.25, 0.3) is 6.08 Å². The van der Waals surface area contributed by atoms with Gasteiger partial charge >= 0.3 is 0 Å².